The van der Waals surface area contributed by atoms with Crippen molar-refractivity contribution >= 4 is 0 Å². The zero-order valence-corrected chi connectivity index (χ0v) is 6.49. The van der Waals surface area contributed by atoms with Gasteiger partial charge in [-0.3, -0.25) is 0 Å². The van der Waals surface area contributed by atoms with Gasteiger partial charge < -0.3 is 10.6 Å². The van der Waals surface area contributed by atoms with Crippen LogP contribution in [0.3, 0.4) is 0 Å². The Bertz CT molecular complexity index is 78.9. The third-order valence-electron chi connectivity index (χ3n) is 1.12. The van der Waals surface area contributed by atoms with Gasteiger partial charge in [0.1, 0.15) is 0 Å². The molecule has 0 fully saturated rings. The monoisotopic (exact) mass is 128 g/mol. The van der Waals surface area contributed by atoms with Crippen molar-refractivity contribution in [1.29, 1.82) is 0 Å². The van der Waals surface area contributed by atoms with E-state index in [-0.39, 0.29) is 0 Å². The summed E-state index contributed by atoms with van der Waals surface area (Å²) in [6.45, 7) is 6.07. The van der Waals surface area contributed by atoms with Gasteiger partial charge in [-0.2, -0.15) is 0 Å². The highest BCUT2D eigenvalue weighted by Gasteiger charge is 1.87. The van der Waals surface area contributed by atoms with Gasteiger partial charge in [0.05, 0.1) is 0 Å². The average Bonchev–Trinajstić information content (AvgIpc) is 1.88. The molecule has 0 amide bonds. The third kappa shape index (κ3) is 4.03. The van der Waals surface area contributed by atoms with Crippen LogP contribution in [0.5, 0.6) is 0 Å². The number of likely N-dealkylation sites (N-methyl/N-ethyl adjacent to an activating group) is 2. The number of rotatable bonds is 4. The van der Waals surface area contributed by atoms with Gasteiger partial charge in [-0.1, -0.05) is 6.08 Å². The fraction of sp³-hybridized carbons (Fsp3) is 0.714. The standard InChI is InChI=1S/C7H16N2/c1-4-7(6-8-3)9-5-2/h4,8-9H,5-6H2,1-3H3/b7-4+. The van der Waals surface area contributed by atoms with E-state index in [0.29, 0.717) is 0 Å². The summed E-state index contributed by atoms with van der Waals surface area (Å²) in [5.41, 5.74) is 1.26. The van der Waals surface area contributed by atoms with E-state index >= 15 is 0 Å². The van der Waals surface area contributed by atoms with Crippen molar-refractivity contribution < 1.29 is 0 Å². The molecule has 0 aromatic heterocycles. The van der Waals surface area contributed by atoms with E-state index in [1.807, 2.05) is 14.0 Å². The van der Waals surface area contributed by atoms with E-state index < -0.39 is 0 Å². The maximum atomic E-state index is 3.23. The summed E-state index contributed by atoms with van der Waals surface area (Å²) >= 11 is 0. The normalized spacial score (nSPS) is 11.7. The minimum absolute atomic E-state index is 0.935. The molecule has 0 saturated heterocycles. The predicted octanol–water partition coefficient (Wildman–Crippen LogP) is 0.719. The van der Waals surface area contributed by atoms with E-state index in [1.54, 1.807) is 0 Å². The maximum absolute atomic E-state index is 3.23. The van der Waals surface area contributed by atoms with Crippen LogP contribution in [0.25, 0.3) is 0 Å². The molecule has 0 aliphatic carbocycles. The molecule has 0 spiro atoms. The first-order chi connectivity index (χ1) is 4.35. The number of allylic oxidation sites excluding steroid dienone is 1. The zero-order chi connectivity index (χ0) is 7.11. The van der Waals surface area contributed by atoms with Gasteiger partial charge in [-0.25, -0.2) is 0 Å². The Morgan fingerprint density at radius 3 is 2.56 bits per heavy atom. The molecule has 0 saturated carbocycles. The molecule has 2 heteroatoms. The minimum Gasteiger partial charge on any atom is -0.388 e. The Kier molecular flexibility index (Phi) is 5.32. The zero-order valence-electron chi connectivity index (χ0n) is 6.49. The Labute approximate surface area is 57.3 Å². The molecular weight excluding hydrogens is 112 g/mol. The molecule has 0 aromatic rings. The van der Waals surface area contributed by atoms with E-state index in [2.05, 4.69) is 23.6 Å². The highest BCUT2D eigenvalue weighted by Crippen LogP contribution is 1.83. The predicted molar refractivity (Wildman–Crippen MR) is 41.4 cm³/mol. The molecule has 2 N–H and O–H groups in total. The third-order valence-corrected chi connectivity index (χ3v) is 1.12. The maximum Gasteiger partial charge on any atom is 0.0348 e. The first-order valence-electron chi connectivity index (χ1n) is 3.38. The Hall–Kier alpha value is -0.500. The van der Waals surface area contributed by atoms with Crippen LogP contribution >= 0.6 is 0 Å². The molecule has 0 unspecified atom stereocenters. The summed E-state index contributed by atoms with van der Waals surface area (Å²) < 4.78 is 0. The van der Waals surface area contributed by atoms with Gasteiger partial charge in [0, 0.05) is 18.8 Å². The van der Waals surface area contributed by atoms with E-state index in [4.69, 9.17) is 0 Å². The van der Waals surface area contributed by atoms with Crippen LogP contribution in [-0.2, 0) is 0 Å². The van der Waals surface area contributed by atoms with Gasteiger partial charge in [-0.15, -0.1) is 0 Å². The molecule has 9 heavy (non-hydrogen) atoms. The first-order valence-corrected chi connectivity index (χ1v) is 3.38. The molecule has 0 aliphatic heterocycles. The van der Waals surface area contributed by atoms with Crippen molar-refractivity contribution in [3.8, 4) is 0 Å². The molecule has 0 radical (unpaired) electrons. The van der Waals surface area contributed by atoms with E-state index in [9.17, 15) is 0 Å². The van der Waals surface area contributed by atoms with E-state index in [0.717, 1.165) is 13.1 Å². The Morgan fingerprint density at radius 1 is 1.56 bits per heavy atom. The van der Waals surface area contributed by atoms with Crippen LogP contribution in [-0.4, -0.2) is 20.1 Å². The van der Waals surface area contributed by atoms with Crippen LogP contribution < -0.4 is 10.6 Å². The lowest BCUT2D eigenvalue weighted by Crippen LogP contribution is -2.22. The van der Waals surface area contributed by atoms with Crippen LogP contribution in [0.15, 0.2) is 11.8 Å². The van der Waals surface area contributed by atoms with Crippen molar-refractivity contribution in [2.45, 2.75) is 13.8 Å². The summed E-state index contributed by atoms with van der Waals surface area (Å²) in [7, 11) is 1.95. The first kappa shape index (κ1) is 8.50. The number of nitrogens with one attached hydrogen (secondary N) is 2. The van der Waals surface area contributed by atoms with Gasteiger partial charge in [-0.05, 0) is 20.9 Å². The van der Waals surface area contributed by atoms with Crippen LogP contribution in [0.1, 0.15) is 13.8 Å². The molecule has 54 valence electrons. The number of hydrogen-bond donors (Lipinski definition) is 2. The second-order valence-corrected chi connectivity index (χ2v) is 1.87. The van der Waals surface area contributed by atoms with Gasteiger partial charge >= 0.3 is 0 Å². The van der Waals surface area contributed by atoms with Crippen molar-refractivity contribution in [3.05, 3.63) is 11.8 Å². The van der Waals surface area contributed by atoms with Crippen molar-refractivity contribution in [2.24, 2.45) is 0 Å². The molecule has 0 aliphatic rings. The molecule has 0 heterocycles. The molecule has 2 nitrogen and oxygen atoms in total. The van der Waals surface area contributed by atoms with Gasteiger partial charge in [0.25, 0.3) is 0 Å². The average molecular weight is 128 g/mol. The lowest BCUT2D eigenvalue weighted by Gasteiger charge is -2.06. The highest BCUT2D eigenvalue weighted by molar-refractivity contribution is 4.98. The molecule has 0 aromatic carbocycles. The highest BCUT2D eigenvalue weighted by atomic mass is 14.9. The molecule has 0 bridgehead atoms. The Morgan fingerprint density at radius 2 is 2.22 bits per heavy atom. The topological polar surface area (TPSA) is 24.1 Å². The lowest BCUT2D eigenvalue weighted by atomic mass is 10.4. The summed E-state index contributed by atoms with van der Waals surface area (Å²) in [6.07, 6.45) is 2.08. The van der Waals surface area contributed by atoms with Crippen molar-refractivity contribution in [3.63, 3.8) is 0 Å². The number of hydrogen-bond acceptors (Lipinski definition) is 2. The van der Waals surface area contributed by atoms with Gasteiger partial charge in [0.15, 0.2) is 0 Å². The quantitative estimate of drug-likeness (QED) is 0.583. The minimum atomic E-state index is 0.935. The SMILES string of the molecule is C/C=C(\CNC)NCC. The lowest BCUT2D eigenvalue weighted by molar-refractivity contribution is 0.760. The van der Waals surface area contributed by atoms with Gasteiger partial charge in [0.2, 0.25) is 0 Å². The summed E-state index contributed by atoms with van der Waals surface area (Å²) in [6, 6.07) is 0. The second-order valence-electron chi connectivity index (χ2n) is 1.87. The van der Waals surface area contributed by atoms with E-state index in [1.165, 1.54) is 5.70 Å². The molecule has 0 rings (SSSR count). The smallest absolute Gasteiger partial charge is 0.0348 e. The van der Waals surface area contributed by atoms with Crippen LogP contribution in [0.2, 0.25) is 0 Å². The summed E-state index contributed by atoms with van der Waals surface area (Å²) in [4.78, 5) is 0. The molecular formula is C7H16N2. The van der Waals surface area contributed by atoms with Crippen LogP contribution in [0, 0.1) is 0 Å². The second kappa shape index (κ2) is 5.63. The largest absolute Gasteiger partial charge is 0.388 e. The fourth-order valence-electron chi connectivity index (χ4n) is 0.684. The van der Waals surface area contributed by atoms with Crippen molar-refractivity contribution in [1.82, 2.24) is 10.6 Å². The summed E-state index contributed by atoms with van der Waals surface area (Å²) in [5.74, 6) is 0. The van der Waals surface area contributed by atoms with Crippen molar-refractivity contribution in [2.75, 3.05) is 20.1 Å². The Balaban J connectivity index is 3.43. The van der Waals surface area contributed by atoms with Crippen LogP contribution in [0.4, 0.5) is 0 Å². The summed E-state index contributed by atoms with van der Waals surface area (Å²) in [5, 5.41) is 6.30. The fourth-order valence-corrected chi connectivity index (χ4v) is 0.684. The molecule has 0 atom stereocenters.